The molecule has 2 nitrogen and oxygen atoms in total. The molecule has 0 N–H and O–H groups in total. The molecule has 2 aromatic rings. The fraction of sp³-hybridized carbons (Fsp3) is 0. The third-order valence-corrected chi connectivity index (χ3v) is 1.66. The summed E-state index contributed by atoms with van der Waals surface area (Å²) < 4.78 is 50.7. The number of para-hydroxylation sites is 1. The largest absolute Gasteiger partial charge is 0.649 e. The van der Waals surface area contributed by atoms with Gasteiger partial charge in [-0.2, -0.15) is 0 Å². The van der Waals surface area contributed by atoms with Crippen molar-refractivity contribution in [2.45, 2.75) is 0 Å². The molecule has 0 amide bonds. The van der Waals surface area contributed by atoms with E-state index >= 15 is 0 Å². The number of nitrogens with zero attached hydrogens (tertiary/aromatic N) is 1. The van der Waals surface area contributed by atoms with E-state index in [1.54, 1.807) is 0 Å². The summed E-state index contributed by atoms with van der Waals surface area (Å²) in [5.74, 6) is -0.0358. The van der Waals surface area contributed by atoms with Crippen molar-refractivity contribution in [1.82, 2.24) is 4.98 Å². The minimum Gasteiger partial charge on any atom is -0.649 e. The zero-order valence-electron chi connectivity index (χ0n) is 12.1. The maximum absolute atomic E-state index is 7.74. The minimum absolute atomic E-state index is 0.0157. The normalized spacial score (nSPS) is 17.0. The highest BCUT2D eigenvalue weighted by Gasteiger charge is 1.97. The summed E-state index contributed by atoms with van der Waals surface area (Å²) in [6.45, 7) is 0. The van der Waals surface area contributed by atoms with Gasteiger partial charge in [-0.05, 0) is 12.1 Å². The van der Waals surface area contributed by atoms with Gasteiger partial charge in [0, 0.05) is 11.6 Å². The molecule has 0 unspecified atom stereocenters. The Morgan fingerprint density at radius 3 is 3.00 bits per heavy atom. The first-order chi connectivity index (χ1) is 8.40. The van der Waals surface area contributed by atoms with E-state index < -0.39 is 12.2 Å². The third-order valence-electron chi connectivity index (χ3n) is 1.37. The van der Waals surface area contributed by atoms with Crippen LogP contribution in [0.3, 0.4) is 0 Å². The van der Waals surface area contributed by atoms with Crippen LogP contribution in [0, 0.1) is 0 Å². The topological polar surface area (TPSA) is 22.1 Å². The van der Waals surface area contributed by atoms with Gasteiger partial charge in [0.1, 0.15) is 11.3 Å². The van der Waals surface area contributed by atoms with Crippen molar-refractivity contribution < 1.29 is 12.0 Å². The smallest absolute Gasteiger partial charge is 0.494 e. The van der Waals surface area contributed by atoms with Crippen LogP contribution in [0.15, 0.2) is 36.4 Å². The van der Waals surface area contributed by atoms with Crippen LogP contribution in [0.1, 0.15) is 8.22 Å². The molecule has 1 heterocycles. The number of hydrogen-bond donors (Lipinski definition) is 0. The van der Waals surface area contributed by atoms with Gasteiger partial charge in [-0.25, -0.2) is 0 Å². The summed E-state index contributed by atoms with van der Waals surface area (Å²) >= 11 is 1.09. The van der Waals surface area contributed by atoms with Crippen LogP contribution in [-0.2, 0) is 0 Å². The van der Waals surface area contributed by atoms with Gasteiger partial charge in [0.25, 0.3) is 0 Å². The monoisotopic (exact) mass is 178 g/mol. The zero-order chi connectivity index (χ0) is 13.6. The van der Waals surface area contributed by atoms with E-state index in [0.717, 1.165) is 16.6 Å². The van der Waals surface area contributed by atoms with Crippen LogP contribution in [0.5, 0.6) is 5.75 Å². The molecule has 0 aliphatic carbocycles. The number of fused-ring (bicyclic) bond motifs is 1. The van der Waals surface area contributed by atoms with Gasteiger partial charge in [0.05, 0.1) is 8.22 Å². The highest BCUT2D eigenvalue weighted by molar-refractivity contribution is 6.01. The fourth-order valence-corrected chi connectivity index (χ4v) is 1.07. The standard InChI is InChI=1S/C9H7NO.Al.H/c11-8-5-1-3-7-4-2-6-10-9(7)8;;/h1-6,11H;;/q;+1;/p-1/i1D,2D,3D,4D,5D,6D;;. The molecule has 1 aromatic heterocycles. The average molecular weight is 178 g/mol. The molecule has 0 spiro atoms. The molecule has 0 bridgehead atoms. The molecule has 2 rings (SSSR count). The number of benzene rings is 1. The Kier molecular flexibility index (Phi) is 0.883. The number of aromatic nitrogens is 1. The Morgan fingerprint density at radius 1 is 1.33 bits per heavy atom. The van der Waals surface area contributed by atoms with Gasteiger partial charge in [0.15, 0.2) is 0 Å². The summed E-state index contributed by atoms with van der Waals surface area (Å²) in [5.41, 5.74) is 0.0157. The molecule has 0 aliphatic heterocycles. The number of pyridine rings is 1. The molecule has 12 heavy (non-hydrogen) atoms. The predicted octanol–water partition coefficient (Wildman–Crippen LogP) is 1.43. The molecule has 0 saturated carbocycles. The van der Waals surface area contributed by atoms with Crippen molar-refractivity contribution in [2.75, 3.05) is 0 Å². The average Bonchev–Trinajstić information content (AvgIpc) is 2.34. The van der Waals surface area contributed by atoms with E-state index in [-0.39, 0.29) is 40.8 Å². The van der Waals surface area contributed by atoms with E-state index in [1.165, 1.54) is 0 Å². The number of rotatable bonds is 1. The van der Waals surface area contributed by atoms with E-state index in [9.17, 15) is 0 Å². The summed E-state index contributed by atoms with van der Waals surface area (Å²) in [6, 6.07) is -1.77. The van der Waals surface area contributed by atoms with Crippen molar-refractivity contribution in [2.24, 2.45) is 0 Å². The van der Waals surface area contributed by atoms with Gasteiger partial charge in [-0.3, -0.25) is 4.98 Å². The summed E-state index contributed by atoms with van der Waals surface area (Å²) in [6.07, 6.45) is -0.411. The second kappa shape index (κ2) is 3.14. The van der Waals surface area contributed by atoms with Crippen LogP contribution in [-0.4, -0.2) is 21.6 Å². The molecular formula is C9H7AlNO. The molecule has 0 saturated heterocycles. The summed E-state index contributed by atoms with van der Waals surface area (Å²) in [4.78, 5) is 3.78. The van der Waals surface area contributed by atoms with Gasteiger partial charge in [-0.15, -0.1) is 0 Å². The molecule has 0 fully saturated rings. The molecule has 0 aliphatic rings. The van der Waals surface area contributed by atoms with Crippen molar-refractivity contribution in [1.29, 1.82) is 0 Å². The Balaban J connectivity index is 3.11. The summed E-state index contributed by atoms with van der Waals surface area (Å²) in [7, 11) is 0. The Hall–Kier alpha value is -1.04. The second-order valence-electron chi connectivity index (χ2n) is 2.05. The lowest BCUT2D eigenvalue weighted by Crippen LogP contribution is -1.87. The van der Waals surface area contributed by atoms with Crippen molar-refractivity contribution in [3.63, 3.8) is 0 Å². The van der Waals surface area contributed by atoms with E-state index in [4.69, 9.17) is 12.0 Å². The van der Waals surface area contributed by atoms with Crippen LogP contribution in [0.2, 0.25) is 0 Å². The molecule has 3 heteroatoms. The van der Waals surface area contributed by atoms with Gasteiger partial charge in [-0.1, -0.05) is 18.1 Å². The first-order valence-corrected chi connectivity index (χ1v) is 3.77. The Bertz CT molecular complexity index is 654. The van der Waals surface area contributed by atoms with Crippen molar-refractivity contribution in [3.8, 4) is 5.75 Å². The molecular weight excluding hydrogens is 165 g/mol. The van der Waals surface area contributed by atoms with Gasteiger partial charge in [0.2, 0.25) is 0 Å². The molecule has 1 radical (unpaired) electrons. The van der Waals surface area contributed by atoms with Crippen molar-refractivity contribution >= 4 is 27.5 Å². The maximum atomic E-state index is 7.74. The summed E-state index contributed by atoms with van der Waals surface area (Å²) in [5, 5.41) is -0.0290. The zero-order valence-corrected chi connectivity index (χ0v) is 7.48. The third kappa shape index (κ3) is 1.18. The highest BCUT2D eigenvalue weighted by atomic mass is 27.1. The lowest BCUT2D eigenvalue weighted by molar-refractivity contribution is 0.622. The maximum Gasteiger partial charge on any atom is 0.494 e. The van der Waals surface area contributed by atoms with Crippen LogP contribution < -0.4 is 3.79 Å². The lowest BCUT2D eigenvalue weighted by Gasteiger charge is -2.04. The van der Waals surface area contributed by atoms with E-state index in [1.807, 2.05) is 0 Å². The van der Waals surface area contributed by atoms with Crippen LogP contribution in [0.4, 0.5) is 0 Å². The van der Waals surface area contributed by atoms with E-state index in [2.05, 4.69) is 4.98 Å². The fourth-order valence-electron chi connectivity index (χ4n) is 0.858. The van der Waals surface area contributed by atoms with Gasteiger partial charge >= 0.3 is 16.6 Å². The van der Waals surface area contributed by atoms with Gasteiger partial charge < -0.3 is 3.79 Å². The minimum atomic E-state index is -0.411. The lowest BCUT2D eigenvalue weighted by atomic mass is 10.2. The first-order valence-electron chi connectivity index (χ1n) is 6.19. The Labute approximate surface area is 87.4 Å². The van der Waals surface area contributed by atoms with Crippen LogP contribution in [0.25, 0.3) is 10.9 Å². The highest BCUT2D eigenvalue weighted by Crippen LogP contribution is 2.21. The quantitative estimate of drug-likeness (QED) is 0.616. The Morgan fingerprint density at radius 2 is 2.17 bits per heavy atom. The van der Waals surface area contributed by atoms with Crippen molar-refractivity contribution in [3.05, 3.63) is 36.4 Å². The number of hydrogen-bond acceptors (Lipinski definition) is 2. The molecule has 57 valence electrons. The second-order valence-corrected chi connectivity index (χ2v) is 2.33. The SMILES string of the molecule is [2H]c1nc2c([O][AlH])c([2H])c([2H])c([2H])c2c([2H])c1[2H]. The van der Waals surface area contributed by atoms with Crippen LogP contribution >= 0.6 is 0 Å². The van der Waals surface area contributed by atoms with E-state index in [0.29, 0.717) is 0 Å². The predicted molar refractivity (Wildman–Crippen MR) is 49.5 cm³/mol. The first kappa shape index (κ1) is 3.37. The molecule has 1 aromatic carbocycles. The molecule has 0 atom stereocenters.